The minimum atomic E-state index is -0.278. The zero-order valence-corrected chi connectivity index (χ0v) is 13.1. The molecule has 21 heavy (non-hydrogen) atoms. The first kappa shape index (κ1) is 17.3. The second kappa shape index (κ2) is 9.21. The number of rotatable bonds is 9. The Kier molecular flexibility index (Phi) is 7.58. The highest BCUT2D eigenvalue weighted by molar-refractivity contribution is 5.79. The second-order valence-corrected chi connectivity index (χ2v) is 4.91. The number of ether oxygens (including phenoxy) is 1. The largest absolute Gasteiger partial charge is 0.467 e. The van der Waals surface area contributed by atoms with Crippen LogP contribution in [-0.2, 0) is 20.9 Å². The van der Waals surface area contributed by atoms with Crippen molar-refractivity contribution >= 4 is 11.9 Å². The molecular formula is C16H25NO4. The van der Waals surface area contributed by atoms with Crippen LogP contribution in [0.4, 0.5) is 0 Å². The zero-order valence-electron chi connectivity index (χ0n) is 13.1. The molecule has 1 amide bonds. The molecule has 1 aromatic heterocycles. The summed E-state index contributed by atoms with van der Waals surface area (Å²) >= 11 is 0. The first-order chi connectivity index (χ1) is 10.1. The van der Waals surface area contributed by atoms with Crippen LogP contribution < -0.4 is 0 Å². The van der Waals surface area contributed by atoms with E-state index in [2.05, 4.69) is 0 Å². The van der Waals surface area contributed by atoms with Gasteiger partial charge in [0.1, 0.15) is 5.76 Å². The van der Waals surface area contributed by atoms with Crippen LogP contribution in [0.3, 0.4) is 0 Å². The van der Waals surface area contributed by atoms with Gasteiger partial charge in [0.2, 0.25) is 5.91 Å². The first-order valence-corrected chi connectivity index (χ1v) is 7.59. The Hall–Kier alpha value is -1.78. The van der Waals surface area contributed by atoms with E-state index in [4.69, 9.17) is 9.15 Å². The Balaban J connectivity index is 2.69. The molecule has 0 bridgehead atoms. The summed E-state index contributed by atoms with van der Waals surface area (Å²) in [7, 11) is 0. The lowest BCUT2D eigenvalue weighted by Gasteiger charge is -2.25. The number of amides is 1. The monoisotopic (exact) mass is 295 g/mol. The quantitative estimate of drug-likeness (QED) is 0.657. The van der Waals surface area contributed by atoms with Crippen LogP contribution >= 0.6 is 0 Å². The number of nitrogens with zero attached hydrogens (tertiary/aromatic N) is 1. The van der Waals surface area contributed by atoms with Crippen LogP contribution in [0.1, 0.15) is 45.8 Å². The van der Waals surface area contributed by atoms with E-state index < -0.39 is 0 Å². The predicted molar refractivity (Wildman–Crippen MR) is 79.4 cm³/mol. The summed E-state index contributed by atoms with van der Waals surface area (Å²) in [5, 5.41) is 0. The lowest BCUT2D eigenvalue weighted by atomic mass is 10.0. The molecule has 1 heterocycles. The van der Waals surface area contributed by atoms with Crippen molar-refractivity contribution in [1.29, 1.82) is 0 Å². The third-order valence-electron chi connectivity index (χ3n) is 3.46. The number of esters is 1. The van der Waals surface area contributed by atoms with Crippen molar-refractivity contribution in [3.05, 3.63) is 24.2 Å². The van der Waals surface area contributed by atoms with Gasteiger partial charge < -0.3 is 14.1 Å². The lowest BCUT2D eigenvalue weighted by Crippen LogP contribution is -2.37. The molecule has 0 saturated heterocycles. The molecule has 0 aliphatic rings. The van der Waals surface area contributed by atoms with Gasteiger partial charge in [-0.3, -0.25) is 9.59 Å². The van der Waals surface area contributed by atoms with Gasteiger partial charge in [-0.2, -0.15) is 0 Å². The summed E-state index contributed by atoms with van der Waals surface area (Å²) < 4.78 is 10.2. The molecule has 0 N–H and O–H groups in total. The van der Waals surface area contributed by atoms with Gasteiger partial charge in [-0.15, -0.1) is 0 Å². The van der Waals surface area contributed by atoms with Crippen LogP contribution in [0.5, 0.6) is 0 Å². The molecule has 0 aliphatic heterocycles. The summed E-state index contributed by atoms with van der Waals surface area (Å²) in [5.41, 5.74) is 0. The third kappa shape index (κ3) is 5.61. The van der Waals surface area contributed by atoms with Crippen LogP contribution in [0, 0.1) is 5.92 Å². The summed E-state index contributed by atoms with van der Waals surface area (Å²) in [6, 6.07) is 3.62. The van der Waals surface area contributed by atoms with Crippen molar-refractivity contribution in [3.8, 4) is 0 Å². The number of furan rings is 1. The average molecular weight is 295 g/mol. The molecule has 0 fully saturated rings. The van der Waals surface area contributed by atoms with E-state index in [1.165, 1.54) is 0 Å². The third-order valence-corrected chi connectivity index (χ3v) is 3.46. The highest BCUT2D eigenvalue weighted by atomic mass is 16.5. The standard InChI is InChI=1S/C16H25NO4/c1-4-13(5-2)16(19)17(10-9-15(18)20-6-3)12-14-8-7-11-21-14/h7-8,11,13H,4-6,9-10,12H2,1-3H3. The molecule has 0 spiro atoms. The van der Waals surface area contributed by atoms with Crippen LogP contribution in [0.15, 0.2) is 22.8 Å². The van der Waals surface area contributed by atoms with Gasteiger partial charge in [0, 0.05) is 12.5 Å². The van der Waals surface area contributed by atoms with Crippen molar-refractivity contribution in [2.75, 3.05) is 13.2 Å². The van der Waals surface area contributed by atoms with Gasteiger partial charge >= 0.3 is 5.97 Å². The van der Waals surface area contributed by atoms with Crippen molar-refractivity contribution in [2.24, 2.45) is 5.92 Å². The molecule has 0 atom stereocenters. The van der Waals surface area contributed by atoms with Crippen LogP contribution in [0.25, 0.3) is 0 Å². The number of hydrogen-bond acceptors (Lipinski definition) is 4. The van der Waals surface area contributed by atoms with Gasteiger partial charge in [-0.1, -0.05) is 13.8 Å². The Labute approximate surface area is 126 Å². The van der Waals surface area contributed by atoms with Gasteiger partial charge in [-0.05, 0) is 31.9 Å². The molecule has 1 aromatic rings. The van der Waals surface area contributed by atoms with E-state index in [0.717, 1.165) is 18.6 Å². The average Bonchev–Trinajstić information content (AvgIpc) is 2.97. The number of carbonyl (C=O) groups is 2. The molecule has 5 nitrogen and oxygen atoms in total. The molecule has 5 heteroatoms. The maximum Gasteiger partial charge on any atom is 0.307 e. The summed E-state index contributed by atoms with van der Waals surface area (Å²) in [6.45, 7) is 6.88. The van der Waals surface area contributed by atoms with E-state index in [0.29, 0.717) is 19.7 Å². The molecule has 1 rings (SSSR count). The summed E-state index contributed by atoms with van der Waals surface area (Å²) in [6.07, 6.45) is 3.38. The maximum atomic E-state index is 12.5. The predicted octanol–water partition coefficient (Wildman–Crippen LogP) is 3.00. The van der Waals surface area contributed by atoms with E-state index in [-0.39, 0.29) is 24.2 Å². The number of hydrogen-bond donors (Lipinski definition) is 0. The fraction of sp³-hybridized carbons (Fsp3) is 0.625. The number of carbonyl (C=O) groups excluding carboxylic acids is 2. The Bertz CT molecular complexity index is 423. The Morgan fingerprint density at radius 2 is 2.00 bits per heavy atom. The van der Waals surface area contributed by atoms with Crippen LogP contribution in [0.2, 0.25) is 0 Å². The summed E-state index contributed by atoms with van der Waals surface area (Å²) in [4.78, 5) is 25.7. The SMILES string of the molecule is CCOC(=O)CCN(Cc1ccco1)C(=O)C(CC)CC. The molecule has 0 radical (unpaired) electrons. The summed E-state index contributed by atoms with van der Waals surface area (Å²) in [5.74, 6) is 0.500. The van der Waals surface area contributed by atoms with E-state index in [1.807, 2.05) is 19.9 Å². The smallest absolute Gasteiger partial charge is 0.307 e. The van der Waals surface area contributed by atoms with Crippen molar-refractivity contribution < 1.29 is 18.7 Å². The molecule has 0 saturated carbocycles. The fourth-order valence-corrected chi connectivity index (χ4v) is 2.21. The normalized spacial score (nSPS) is 10.7. The van der Waals surface area contributed by atoms with Gasteiger partial charge in [-0.25, -0.2) is 0 Å². The molecule has 0 aromatic carbocycles. The van der Waals surface area contributed by atoms with Gasteiger partial charge in [0.25, 0.3) is 0 Å². The minimum absolute atomic E-state index is 0.0119. The molecule has 0 unspecified atom stereocenters. The minimum Gasteiger partial charge on any atom is -0.467 e. The first-order valence-electron chi connectivity index (χ1n) is 7.59. The maximum absolute atomic E-state index is 12.5. The van der Waals surface area contributed by atoms with Gasteiger partial charge in [0.15, 0.2) is 0 Å². The zero-order chi connectivity index (χ0) is 15.7. The highest BCUT2D eigenvalue weighted by Crippen LogP contribution is 2.15. The Morgan fingerprint density at radius 3 is 2.52 bits per heavy atom. The molecule has 118 valence electrons. The second-order valence-electron chi connectivity index (χ2n) is 4.91. The fourth-order valence-electron chi connectivity index (χ4n) is 2.21. The Morgan fingerprint density at radius 1 is 1.29 bits per heavy atom. The molecule has 0 aliphatic carbocycles. The van der Waals surface area contributed by atoms with Crippen molar-refractivity contribution in [2.45, 2.75) is 46.6 Å². The van der Waals surface area contributed by atoms with E-state index in [1.54, 1.807) is 24.2 Å². The van der Waals surface area contributed by atoms with E-state index >= 15 is 0 Å². The van der Waals surface area contributed by atoms with E-state index in [9.17, 15) is 9.59 Å². The topological polar surface area (TPSA) is 59.8 Å². The highest BCUT2D eigenvalue weighted by Gasteiger charge is 2.23. The van der Waals surface area contributed by atoms with Crippen molar-refractivity contribution in [3.63, 3.8) is 0 Å². The van der Waals surface area contributed by atoms with Crippen molar-refractivity contribution in [1.82, 2.24) is 4.90 Å². The lowest BCUT2D eigenvalue weighted by molar-refractivity contribution is -0.144. The van der Waals surface area contributed by atoms with Gasteiger partial charge in [0.05, 0.1) is 25.8 Å². The van der Waals surface area contributed by atoms with Crippen LogP contribution in [-0.4, -0.2) is 29.9 Å². The molecular weight excluding hydrogens is 270 g/mol.